The second-order valence-corrected chi connectivity index (χ2v) is 4.92. The summed E-state index contributed by atoms with van der Waals surface area (Å²) in [7, 11) is 0. The van der Waals surface area contributed by atoms with Crippen molar-refractivity contribution in [1.29, 1.82) is 0 Å². The molecule has 3 rings (SSSR count). The van der Waals surface area contributed by atoms with E-state index in [0.29, 0.717) is 0 Å². The van der Waals surface area contributed by atoms with Gasteiger partial charge >= 0.3 is 0 Å². The molecule has 0 saturated carbocycles. The first-order chi connectivity index (χ1) is 9.74. The van der Waals surface area contributed by atoms with Gasteiger partial charge < -0.3 is 0 Å². The third-order valence-corrected chi connectivity index (χ3v) is 3.28. The van der Waals surface area contributed by atoms with E-state index >= 15 is 0 Å². The van der Waals surface area contributed by atoms with Crippen LogP contribution in [0.5, 0.6) is 0 Å². The number of nitrogens with zero attached hydrogens (tertiary/aromatic N) is 4. The van der Waals surface area contributed by atoms with Crippen molar-refractivity contribution in [3.8, 4) is 5.69 Å². The molecule has 0 unspecified atom stereocenters. The fourth-order valence-electron chi connectivity index (χ4n) is 2.32. The summed E-state index contributed by atoms with van der Waals surface area (Å²) in [6.07, 6.45) is 5.96. The van der Waals surface area contributed by atoms with Gasteiger partial charge in [0.25, 0.3) is 0 Å². The third-order valence-electron chi connectivity index (χ3n) is 3.28. The van der Waals surface area contributed by atoms with Crippen molar-refractivity contribution in [2.75, 3.05) is 0 Å². The largest absolute Gasteiger partial charge is 0.264 e. The molecule has 0 aliphatic carbocycles. The summed E-state index contributed by atoms with van der Waals surface area (Å²) < 4.78 is 1.90. The molecule has 0 N–H and O–H groups in total. The molecule has 0 atom stereocenters. The Kier molecular flexibility index (Phi) is 3.29. The SMILES string of the molecule is Cc1ccc(-n2ncnc2Cc2cccnc2)c(C)c1. The quantitative estimate of drug-likeness (QED) is 0.730. The zero-order valence-electron chi connectivity index (χ0n) is 11.6. The lowest BCUT2D eigenvalue weighted by molar-refractivity contribution is 0.805. The van der Waals surface area contributed by atoms with Crippen molar-refractivity contribution in [2.24, 2.45) is 0 Å². The van der Waals surface area contributed by atoms with E-state index in [9.17, 15) is 0 Å². The summed E-state index contributed by atoms with van der Waals surface area (Å²) in [4.78, 5) is 8.51. The second kappa shape index (κ2) is 5.25. The lowest BCUT2D eigenvalue weighted by Crippen LogP contribution is -2.06. The van der Waals surface area contributed by atoms with Gasteiger partial charge in [0.2, 0.25) is 0 Å². The van der Waals surface area contributed by atoms with Crippen molar-refractivity contribution in [1.82, 2.24) is 19.7 Å². The molecule has 0 aliphatic rings. The standard InChI is InChI=1S/C16H16N4/c1-12-5-6-15(13(2)8-12)20-16(18-11-19-20)9-14-4-3-7-17-10-14/h3-8,10-11H,9H2,1-2H3. The maximum atomic E-state index is 4.38. The maximum Gasteiger partial charge on any atom is 0.138 e. The smallest absolute Gasteiger partial charge is 0.138 e. The molecule has 3 aromatic rings. The van der Waals surface area contributed by atoms with Gasteiger partial charge in [0.05, 0.1) is 5.69 Å². The van der Waals surface area contributed by atoms with Crippen LogP contribution in [0.15, 0.2) is 49.1 Å². The molecule has 0 saturated heterocycles. The molecule has 0 bridgehead atoms. The fraction of sp³-hybridized carbons (Fsp3) is 0.188. The monoisotopic (exact) mass is 264 g/mol. The molecule has 0 spiro atoms. The zero-order valence-corrected chi connectivity index (χ0v) is 11.6. The van der Waals surface area contributed by atoms with E-state index in [-0.39, 0.29) is 0 Å². The molecule has 4 nitrogen and oxygen atoms in total. The second-order valence-electron chi connectivity index (χ2n) is 4.92. The summed E-state index contributed by atoms with van der Waals surface area (Å²) >= 11 is 0. The van der Waals surface area contributed by atoms with Crippen molar-refractivity contribution >= 4 is 0 Å². The minimum absolute atomic E-state index is 0.723. The van der Waals surface area contributed by atoms with Crippen LogP contribution >= 0.6 is 0 Å². The van der Waals surface area contributed by atoms with Crippen LogP contribution in [-0.4, -0.2) is 19.7 Å². The van der Waals surface area contributed by atoms with Crippen LogP contribution in [-0.2, 0) is 6.42 Å². The number of hydrogen-bond acceptors (Lipinski definition) is 3. The highest BCUT2D eigenvalue weighted by Crippen LogP contribution is 2.17. The molecule has 4 heteroatoms. The number of aryl methyl sites for hydroxylation is 2. The molecule has 0 amide bonds. The van der Waals surface area contributed by atoms with Crippen LogP contribution in [0.3, 0.4) is 0 Å². The topological polar surface area (TPSA) is 43.6 Å². The highest BCUT2D eigenvalue weighted by Gasteiger charge is 2.09. The highest BCUT2D eigenvalue weighted by molar-refractivity contribution is 5.42. The molecule has 2 heterocycles. The Hall–Kier alpha value is -2.49. The summed E-state index contributed by atoms with van der Waals surface area (Å²) in [5.74, 6) is 0.921. The van der Waals surface area contributed by atoms with E-state index in [1.54, 1.807) is 12.5 Å². The molecule has 100 valence electrons. The Labute approximate surface area is 118 Å². The Morgan fingerprint density at radius 2 is 2.05 bits per heavy atom. The molecular weight excluding hydrogens is 248 g/mol. The van der Waals surface area contributed by atoms with Gasteiger partial charge in [0.1, 0.15) is 12.2 Å². The Balaban J connectivity index is 1.98. The van der Waals surface area contributed by atoms with Gasteiger partial charge in [-0.2, -0.15) is 5.10 Å². The van der Waals surface area contributed by atoms with Crippen LogP contribution in [0, 0.1) is 13.8 Å². The van der Waals surface area contributed by atoms with Crippen LogP contribution in [0.4, 0.5) is 0 Å². The molecule has 2 aromatic heterocycles. The molecule has 0 radical (unpaired) electrons. The normalized spacial score (nSPS) is 10.7. The van der Waals surface area contributed by atoms with Gasteiger partial charge in [-0.1, -0.05) is 23.8 Å². The lowest BCUT2D eigenvalue weighted by Gasteiger charge is -2.09. The predicted octanol–water partition coefficient (Wildman–Crippen LogP) is 2.87. The summed E-state index contributed by atoms with van der Waals surface area (Å²) in [6, 6.07) is 10.3. The number of aromatic nitrogens is 4. The first kappa shape index (κ1) is 12.5. The minimum Gasteiger partial charge on any atom is -0.264 e. The number of rotatable bonds is 3. The van der Waals surface area contributed by atoms with E-state index in [0.717, 1.165) is 23.5 Å². The van der Waals surface area contributed by atoms with E-state index in [1.807, 2.05) is 23.0 Å². The fourth-order valence-corrected chi connectivity index (χ4v) is 2.32. The predicted molar refractivity (Wildman–Crippen MR) is 77.9 cm³/mol. The zero-order chi connectivity index (χ0) is 13.9. The molecule has 1 aromatic carbocycles. The molecule has 0 aliphatic heterocycles. The first-order valence-electron chi connectivity index (χ1n) is 6.59. The number of pyridine rings is 1. The van der Waals surface area contributed by atoms with Crippen LogP contribution in [0.2, 0.25) is 0 Å². The van der Waals surface area contributed by atoms with E-state index in [2.05, 4.69) is 47.1 Å². The maximum absolute atomic E-state index is 4.38. The average Bonchev–Trinajstić information content (AvgIpc) is 2.88. The van der Waals surface area contributed by atoms with Crippen molar-refractivity contribution in [3.05, 3.63) is 71.6 Å². The van der Waals surface area contributed by atoms with Crippen molar-refractivity contribution in [3.63, 3.8) is 0 Å². The van der Waals surface area contributed by atoms with Crippen LogP contribution in [0.1, 0.15) is 22.5 Å². The molecular formula is C16H16N4. The van der Waals surface area contributed by atoms with Gasteiger partial charge in [-0.15, -0.1) is 0 Å². The van der Waals surface area contributed by atoms with Gasteiger partial charge in [-0.25, -0.2) is 9.67 Å². The highest BCUT2D eigenvalue weighted by atomic mass is 15.3. The van der Waals surface area contributed by atoms with E-state index < -0.39 is 0 Å². The number of benzene rings is 1. The van der Waals surface area contributed by atoms with Gasteiger partial charge in [-0.05, 0) is 37.1 Å². The van der Waals surface area contributed by atoms with Crippen LogP contribution in [0.25, 0.3) is 5.69 Å². The van der Waals surface area contributed by atoms with Gasteiger partial charge in [0, 0.05) is 18.8 Å². The van der Waals surface area contributed by atoms with Crippen molar-refractivity contribution in [2.45, 2.75) is 20.3 Å². The lowest BCUT2D eigenvalue weighted by atomic mass is 10.1. The van der Waals surface area contributed by atoms with E-state index in [1.165, 1.54) is 11.1 Å². The van der Waals surface area contributed by atoms with Crippen LogP contribution < -0.4 is 0 Å². The molecule has 0 fully saturated rings. The van der Waals surface area contributed by atoms with Gasteiger partial charge in [-0.3, -0.25) is 4.98 Å². The average molecular weight is 264 g/mol. The van der Waals surface area contributed by atoms with Crippen molar-refractivity contribution < 1.29 is 0 Å². The third kappa shape index (κ3) is 2.45. The summed E-state index contributed by atoms with van der Waals surface area (Å²) in [5, 5.41) is 4.36. The Morgan fingerprint density at radius 1 is 1.15 bits per heavy atom. The number of hydrogen-bond donors (Lipinski definition) is 0. The first-order valence-corrected chi connectivity index (χ1v) is 6.59. The Morgan fingerprint density at radius 3 is 2.80 bits per heavy atom. The summed E-state index contributed by atoms with van der Waals surface area (Å²) in [6.45, 7) is 4.19. The Bertz CT molecular complexity index is 716. The molecule has 20 heavy (non-hydrogen) atoms. The van der Waals surface area contributed by atoms with Gasteiger partial charge in [0.15, 0.2) is 0 Å². The van der Waals surface area contributed by atoms with E-state index in [4.69, 9.17) is 0 Å². The minimum atomic E-state index is 0.723. The summed E-state index contributed by atoms with van der Waals surface area (Å²) in [5.41, 5.74) is 4.65.